The lowest BCUT2D eigenvalue weighted by molar-refractivity contribution is 0.385. The van der Waals surface area contributed by atoms with E-state index in [1.165, 1.54) is 0 Å². The molecule has 94 valence electrons. The van der Waals surface area contributed by atoms with Crippen LogP contribution in [0.5, 0.6) is 5.75 Å². The average Bonchev–Trinajstić information content (AvgIpc) is 2.89. The van der Waals surface area contributed by atoms with Gasteiger partial charge in [0.25, 0.3) is 0 Å². The summed E-state index contributed by atoms with van der Waals surface area (Å²) >= 11 is 0. The first-order valence-electron chi connectivity index (χ1n) is 5.98. The van der Waals surface area contributed by atoms with Crippen molar-refractivity contribution in [2.45, 2.75) is 6.42 Å². The van der Waals surface area contributed by atoms with Crippen molar-refractivity contribution in [1.82, 2.24) is 10.1 Å². The molecule has 0 atom stereocenters. The second-order valence-corrected chi connectivity index (χ2v) is 4.19. The first-order chi connectivity index (χ1) is 9.33. The molecule has 0 bridgehead atoms. The van der Waals surface area contributed by atoms with Crippen LogP contribution in [0.25, 0.3) is 11.4 Å². The van der Waals surface area contributed by atoms with Gasteiger partial charge in [-0.25, -0.2) is 0 Å². The molecule has 0 aliphatic carbocycles. The lowest BCUT2D eigenvalue weighted by atomic mass is 10.1. The van der Waals surface area contributed by atoms with Gasteiger partial charge in [-0.2, -0.15) is 4.98 Å². The Morgan fingerprint density at radius 2 is 1.68 bits per heavy atom. The molecular weight excluding hydrogens is 240 g/mol. The first-order valence-corrected chi connectivity index (χ1v) is 5.98. The Hall–Kier alpha value is -2.62. The Morgan fingerprint density at radius 3 is 2.47 bits per heavy atom. The minimum atomic E-state index is 0.148. The number of aromatic nitrogens is 2. The molecule has 0 unspecified atom stereocenters. The van der Waals surface area contributed by atoms with Gasteiger partial charge in [0.2, 0.25) is 11.7 Å². The number of rotatable bonds is 3. The lowest BCUT2D eigenvalue weighted by Crippen LogP contribution is -1.88. The predicted molar refractivity (Wildman–Crippen MR) is 70.6 cm³/mol. The monoisotopic (exact) mass is 252 g/mol. The van der Waals surface area contributed by atoms with Crippen LogP contribution in [0.2, 0.25) is 0 Å². The summed E-state index contributed by atoms with van der Waals surface area (Å²) in [6.07, 6.45) is 0.585. The molecule has 0 saturated carbocycles. The van der Waals surface area contributed by atoms with Crippen LogP contribution in [0.15, 0.2) is 59.1 Å². The van der Waals surface area contributed by atoms with Gasteiger partial charge in [0.05, 0.1) is 12.0 Å². The highest BCUT2D eigenvalue weighted by Gasteiger charge is 2.11. The van der Waals surface area contributed by atoms with E-state index in [9.17, 15) is 5.11 Å². The third kappa shape index (κ3) is 2.47. The molecule has 2 aromatic carbocycles. The Kier molecular flexibility index (Phi) is 2.98. The molecule has 3 aromatic rings. The number of hydrogen-bond donors (Lipinski definition) is 1. The van der Waals surface area contributed by atoms with Crippen molar-refractivity contribution in [3.63, 3.8) is 0 Å². The molecule has 1 heterocycles. The molecule has 0 fully saturated rings. The smallest absolute Gasteiger partial charge is 0.231 e. The topological polar surface area (TPSA) is 59.2 Å². The summed E-state index contributed by atoms with van der Waals surface area (Å²) in [7, 11) is 0. The summed E-state index contributed by atoms with van der Waals surface area (Å²) < 4.78 is 5.21. The molecule has 0 aliphatic heterocycles. The zero-order valence-electron chi connectivity index (χ0n) is 10.2. The van der Waals surface area contributed by atoms with Crippen molar-refractivity contribution < 1.29 is 9.63 Å². The maximum atomic E-state index is 9.74. The standard InChI is InChI=1S/C15H12N2O2/c18-13-9-5-4-8-12(13)15-16-14(19-17-15)10-11-6-2-1-3-7-11/h1-9,18H,10H2. The zero-order valence-corrected chi connectivity index (χ0v) is 10.2. The van der Waals surface area contributed by atoms with Gasteiger partial charge in [-0.3, -0.25) is 0 Å². The van der Waals surface area contributed by atoms with Gasteiger partial charge in [0, 0.05) is 0 Å². The highest BCUT2D eigenvalue weighted by atomic mass is 16.5. The van der Waals surface area contributed by atoms with Crippen molar-refractivity contribution in [2.75, 3.05) is 0 Å². The van der Waals surface area contributed by atoms with E-state index in [0.29, 0.717) is 23.7 Å². The molecule has 0 aliphatic rings. The zero-order chi connectivity index (χ0) is 13.1. The van der Waals surface area contributed by atoms with Crippen molar-refractivity contribution in [3.8, 4) is 17.1 Å². The SMILES string of the molecule is Oc1ccccc1-c1noc(Cc2ccccc2)n1. The van der Waals surface area contributed by atoms with Crippen LogP contribution in [-0.2, 0) is 6.42 Å². The molecule has 0 radical (unpaired) electrons. The fraction of sp³-hybridized carbons (Fsp3) is 0.0667. The van der Waals surface area contributed by atoms with Crippen molar-refractivity contribution in [1.29, 1.82) is 0 Å². The maximum absolute atomic E-state index is 9.74. The van der Waals surface area contributed by atoms with Crippen LogP contribution in [0.1, 0.15) is 11.5 Å². The number of phenols is 1. The van der Waals surface area contributed by atoms with Crippen molar-refractivity contribution >= 4 is 0 Å². The van der Waals surface area contributed by atoms with E-state index in [4.69, 9.17) is 4.52 Å². The third-order valence-electron chi connectivity index (χ3n) is 2.81. The number of para-hydroxylation sites is 1. The summed E-state index contributed by atoms with van der Waals surface area (Å²) in [5.74, 6) is 1.09. The van der Waals surface area contributed by atoms with Crippen LogP contribution >= 0.6 is 0 Å². The lowest BCUT2D eigenvalue weighted by Gasteiger charge is -1.97. The molecule has 0 spiro atoms. The van der Waals surface area contributed by atoms with E-state index >= 15 is 0 Å². The average molecular weight is 252 g/mol. The van der Waals surface area contributed by atoms with Gasteiger partial charge in [0.1, 0.15) is 5.75 Å². The Bertz CT molecular complexity index is 677. The van der Waals surface area contributed by atoms with E-state index in [1.54, 1.807) is 18.2 Å². The molecule has 1 N–H and O–H groups in total. The number of phenolic OH excluding ortho intramolecular Hbond substituents is 1. The van der Waals surface area contributed by atoms with Crippen molar-refractivity contribution in [2.24, 2.45) is 0 Å². The van der Waals surface area contributed by atoms with E-state index in [1.807, 2.05) is 36.4 Å². The van der Waals surface area contributed by atoms with Gasteiger partial charge in [-0.05, 0) is 17.7 Å². The summed E-state index contributed by atoms with van der Waals surface area (Å²) in [5, 5.41) is 13.6. The van der Waals surface area contributed by atoms with Crippen LogP contribution in [0.4, 0.5) is 0 Å². The largest absolute Gasteiger partial charge is 0.507 e. The van der Waals surface area contributed by atoms with Crippen LogP contribution in [0.3, 0.4) is 0 Å². The fourth-order valence-corrected chi connectivity index (χ4v) is 1.87. The normalized spacial score (nSPS) is 10.5. The molecule has 1 aromatic heterocycles. The fourth-order valence-electron chi connectivity index (χ4n) is 1.87. The first kappa shape index (κ1) is 11.5. The molecule has 4 heteroatoms. The van der Waals surface area contributed by atoms with Crippen LogP contribution in [0, 0.1) is 0 Å². The summed E-state index contributed by atoms with van der Waals surface area (Å²) in [6.45, 7) is 0. The second-order valence-electron chi connectivity index (χ2n) is 4.19. The molecule has 0 saturated heterocycles. The number of aromatic hydroxyl groups is 1. The number of hydrogen-bond acceptors (Lipinski definition) is 4. The van der Waals surface area contributed by atoms with Gasteiger partial charge < -0.3 is 9.63 Å². The molecular formula is C15H12N2O2. The quantitative estimate of drug-likeness (QED) is 0.778. The van der Waals surface area contributed by atoms with Gasteiger partial charge >= 0.3 is 0 Å². The van der Waals surface area contributed by atoms with Crippen LogP contribution < -0.4 is 0 Å². The van der Waals surface area contributed by atoms with E-state index in [-0.39, 0.29) is 5.75 Å². The molecule has 3 rings (SSSR count). The van der Waals surface area contributed by atoms with Gasteiger partial charge in [-0.15, -0.1) is 0 Å². The molecule has 4 nitrogen and oxygen atoms in total. The summed E-state index contributed by atoms with van der Waals surface area (Å²) in [6, 6.07) is 16.8. The molecule has 0 amide bonds. The Morgan fingerprint density at radius 1 is 0.947 bits per heavy atom. The van der Waals surface area contributed by atoms with E-state index < -0.39 is 0 Å². The third-order valence-corrected chi connectivity index (χ3v) is 2.81. The van der Waals surface area contributed by atoms with Crippen LogP contribution in [-0.4, -0.2) is 15.2 Å². The predicted octanol–water partition coefficient (Wildman–Crippen LogP) is 3.03. The minimum Gasteiger partial charge on any atom is -0.507 e. The molecule has 19 heavy (non-hydrogen) atoms. The number of benzene rings is 2. The Balaban J connectivity index is 1.86. The van der Waals surface area contributed by atoms with Gasteiger partial charge in [-0.1, -0.05) is 47.6 Å². The maximum Gasteiger partial charge on any atom is 0.231 e. The van der Waals surface area contributed by atoms with E-state index in [2.05, 4.69) is 10.1 Å². The Labute approximate surface area is 110 Å². The number of nitrogens with zero attached hydrogens (tertiary/aromatic N) is 2. The van der Waals surface area contributed by atoms with Gasteiger partial charge in [0.15, 0.2) is 0 Å². The minimum absolute atomic E-state index is 0.148. The highest BCUT2D eigenvalue weighted by molar-refractivity contribution is 5.62. The van der Waals surface area contributed by atoms with Crippen molar-refractivity contribution in [3.05, 3.63) is 66.1 Å². The van der Waals surface area contributed by atoms with E-state index in [0.717, 1.165) is 5.56 Å². The summed E-state index contributed by atoms with van der Waals surface area (Å²) in [5.41, 5.74) is 1.68. The second kappa shape index (κ2) is 4.94. The highest BCUT2D eigenvalue weighted by Crippen LogP contribution is 2.26. The summed E-state index contributed by atoms with van der Waals surface area (Å²) in [4.78, 5) is 4.30.